The number of anilines is 2. The first kappa shape index (κ1) is 30.9. The molecule has 43 heavy (non-hydrogen) atoms. The molecule has 0 saturated heterocycles. The quantitative estimate of drug-likeness (QED) is 0.181. The van der Waals surface area contributed by atoms with Crippen LogP contribution < -0.4 is 19.8 Å². The summed E-state index contributed by atoms with van der Waals surface area (Å²) in [6, 6.07) is 24.3. The average Bonchev–Trinajstić information content (AvgIpc) is 2.98. The number of hydrogen-bond acceptors (Lipinski definition) is 6. The van der Waals surface area contributed by atoms with Crippen molar-refractivity contribution in [3.05, 3.63) is 125 Å². The molecular weight excluding hydrogens is 571 g/mol. The van der Waals surface area contributed by atoms with E-state index in [4.69, 9.17) is 4.74 Å². The number of amides is 2. The zero-order valence-corrected chi connectivity index (χ0v) is 24.7. The predicted octanol–water partition coefficient (Wildman–Crippen LogP) is 5.19. The Labute approximate surface area is 250 Å². The van der Waals surface area contributed by atoms with Crippen LogP contribution in [0.3, 0.4) is 0 Å². The van der Waals surface area contributed by atoms with E-state index in [1.807, 2.05) is 26.0 Å². The van der Waals surface area contributed by atoms with Crippen molar-refractivity contribution in [2.75, 3.05) is 22.5 Å². The zero-order chi connectivity index (χ0) is 31.0. The summed E-state index contributed by atoms with van der Waals surface area (Å²) in [5, 5.41) is 6.60. The van der Waals surface area contributed by atoms with Gasteiger partial charge in [0.05, 0.1) is 24.7 Å². The summed E-state index contributed by atoms with van der Waals surface area (Å²) in [5.74, 6) is -0.746. The van der Waals surface area contributed by atoms with Crippen molar-refractivity contribution in [2.24, 2.45) is 5.10 Å². The minimum atomic E-state index is -3.53. The lowest BCUT2D eigenvalue weighted by Crippen LogP contribution is -2.29. The summed E-state index contributed by atoms with van der Waals surface area (Å²) in [6.07, 6.45) is 2.63. The Hall–Kier alpha value is -5.03. The van der Waals surface area contributed by atoms with Gasteiger partial charge in [0, 0.05) is 11.3 Å². The highest BCUT2D eigenvalue weighted by atomic mass is 32.2. The second kappa shape index (κ2) is 13.8. The van der Waals surface area contributed by atoms with Gasteiger partial charge in [0.25, 0.3) is 11.8 Å². The summed E-state index contributed by atoms with van der Waals surface area (Å²) in [6.45, 7) is 3.80. The SMILES string of the molecule is Cc1ccc(N(Cc2ccc(C(=O)N/N=C\c3ccc(OCC(=O)Nc4ccc(F)cc4)cc3)cc2)S(C)(=O)=O)cc1C. The first-order chi connectivity index (χ1) is 20.5. The van der Waals surface area contributed by atoms with Crippen LogP contribution in [0.4, 0.5) is 15.8 Å². The normalized spacial score (nSPS) is 11.3. The Morgan fingerprint density at radius 1 is 0.907 bits per heavy atom. The molecule has 4 aromatic carbocycles. The van der Waals surface area contributed by atoms with Crippen LogP contribution in [-0.4, -0.2) is 39.3 Å². The fourth-order valence-corrected chi connectivity index (χ4v) is 4.85. The van der Waals surface area contributed by atoms with E-state index in [0.717, 1.165) is 16.7 Å². The van der Waals surface area contributed by atoms with Crippen LogP contribution in [0, 0.1) is 19.7 Å². The molecule has 222 valence electrons. The van der Waals surface area contributed by atoms with Gasteiger partial charge in [-0.25, -0.2) is 18.2 Å². The van der Waals surface area contributed by atoms with Gasteiger partial charge in [-0.05, 0) is 109 Å². The molecule has 0 unspecified atom stereocenters. The molecule has 2 amide bonds. The van der Waals surface area contributed by atoms with Gasteiger partial charge >= 0.3 is 0 Å². The van der Waals surface area contributed by atoms with Crippen LogP contribution in [0.25, 0.3) is 0 Å². The van der Waals surface area contributed by atoms with Crippen LogP contribution in [0.1, 0.15) is 32.6 Å². The van der Waals surface area contributed by atoms with Crippen molar-refractivity contribution in [1.29, 1.82) is 0 Å². The highest BCUT2D eigenvalue weighted by molar-refractivity contribution is 7.92. The maximum Gasteiger partial charge on any atom is 0.271 e. The van der Waals surface area contributed by atoms with Crippen molar-refractivity contribution >= 4 is 39.4 Å². The lowest BCUT2D eigenvalue weighted by Gasteiger charge is -2.23. The summed E-state index contributed by atoms with van der Waals surface area (Å²) >= 11 is 0. The number of nitrogens with one attached hydrogen (secondary N) is 2. The maximum absolute atomic E-state index is 13.0. The van der Waals surface area contributed by atoms with E-state index in [1.54, 1.807) is 54.6 Å². The lowest BCUT2D eigenvalue weighted by molar-refractivity contribution is -0.118. The number of rotatable bonds is 11. The molecule has 0 spiro atoms. The van der Waals surface area contributed by atoms with Crippen LogP contribution in [-0.2, 0) is 21.4 Å². The predicted molar refractivity (Wildman–Crippen MR) is 165 cm³/mol. The Bertz CT molecular complexity index is 1720. The number of carbonyl (C=O) groups is 2. The van der Waals surface area contributed by atoms with Crippen molar-refractivity contribution in [3.8, 4) is 5.75 Å². The van der Waals surface area contributed by atoms with Crippen LogP contribution in [0.15, 0.2) is 96.1 Å². The fourth-order valence-electron chi connectivity index (χ4n) is 3.97. The number of carbonyl (C=O) groups excluding carboxylic acids is 2. The Morgan fingerprint density at radius 3 is 2.21 bits per heavy atom. The zero-order valence-electron chi connectivity index (χ0n) is 23.9. The molecule has 0 heterocycles. The molecule has 9 nitrogen and oxygen atoms in total. The fraction of sp³-hybridized carbons (Fsp3) is 0.156. The van der Waals surface area contributed by atoms with E-state index in [2.05, 4.69) is 15.8 Å². The number of hydrazone groups is 1. The summed E-state index contributed by atoms with van der Waals surface area (Å²) in [5.41, 5.74) is 7.34. The topological polar surface area (TPSA) is 117 Å². The molecule has 0 atom stereocenters. The van der Waals surface area contributed by atoms with Crippen molar-refractivity contribution in [3.63, 3.8) is 0 Å². The van der Waals surface area contributed by atoms with E-state index in [0.29, 0.717) is 28.3 Å². The molecule has 0 aliphatic heterocycles. The van der Waals surface area contributed by atoms with Gasteiger partial charge in [-0.1, -0.05) is 18.2 Å². The highest BCUT2D eigenvalue weighted by Crippen LogP contribution is 2.23. The number of ether oxygens (including phenoxy) is 1. The third-order valence-corrected chi connectivity index (χ3v) is 7.62. The van der Waals surface area contributed by atoms with E-state index < -0.39 is 21.7 Å². The largest absolute Gasteiger partial charge is 0.484 e. The number of halogens is 1. The number of nitrogens with zero attached hydrogens (tertiary/aromatic N) is 2. The first-order valence-corrected chi connectivity index (χ1v) is 15.1. The molecule has 4 rings (SSSR count). The molecule has 2 N–H and O–H groups in total. The third-order valence-electron chi connectivity index (χ3n) is 6.48. The smallest absolute Gasteiger partial charge is 0.271 e. The second-order valence-electron chi connectivity index (χ2n) is 9.85. The molecular formula is C32H31FN4O5S. The summed E-state index contributed by atoms with van der Waals surface area (Å²) in [4.78, 5) is 24.6. The van der Waals surface area contributed by atoms with Crippen LogP contribution in [0.2, 0.25) is 0 Å². The van der Waals surface area contributed by atoms with Crippen LogP contribution >= 0.6 is 0 Å². The molecule has 0 bridgehead atoms. The highest BCUT2D eigenvalue weighted by Gasteiger charge is 2.18. The Balaban J connectivity index is 1.28. The minimum absolute atomic E-state index is 0.125. The number of aryl methyl sites for hydroxylation is 2. The second-order valence-corrected chi connectivity index (χ2v) is 11.8. The average molecular weight is 603 g/mol. The standard InChI is InChI=1S/C32H31FN4O5S/c1-22-4-15-29(18-23(22)2)37(43(3,40)41)20-25-5-9-26(10-6-25)32(39)36-34-19-24-7-16-30(17-8-24)42-21-31(38)35-28-13-11-27(33)12-14-28/h4-19H,20-21H2,1-3H3,(H,35,38)(H,36,39)/b34-19-. The molecule has 4 aromatic rings. The van der Waals surface area contributed by atoms with Gasteiger partial charge in [0.15, 0.2) is 6.61 Å². The van der Waals surface area contributed by atoms with Gasteiger partial charge in [-0.3, -0.25) is 13.9 Å². The first-order valence-electron chi connectivity index (χ1n) is 13.2. The summed E-state index contributed by atoms with van der Waals surface area (Å²) < 4.78 is 44.8. The maximum atomic E-state index is 13.0. The molecule has 11 heteroatoms. The Kier molecular flexibility index (Phi) is 9.89. The van der Waals surface area contributed by atoms with Crippen LogP contribution in [0.5, 0.6) is 5.75 Å². The van der Waals surface area contributed by atoms with Crippen molar-refractivity contribution < 1.29 is 27.1 Å². The van der Waals surface area contributed by atoms with E-state index in [-0.39, 0.29) is 19.1 Å². The molecule has 0 radical (unpaired) electrons. The van der Waals surface area contributed by atoms with Gasteiger partial charge in [0.1, 0.15) is 11.6 Å². The molecule has 0 aliphatic rings. The number of benzene rings is 4. The van der Waals surface area contributed by atoms with Gasteiger partial charge in [-0.2, -0.15) is 5.10 Å². The minimum Gasteiger partial charge on any atom is -0.484 e. The van der Waals surface area contributed by atoms with Crippen molar-refractivity contribution in [2.45, 2.75) is 20.4 Å². The third kappa shape index (κ3) is 8.98. The molecule has 0 fully saturated rings. The van der Waals surface area contributed by atoms with Crippen molar-refractivity contribution in [1.82, 2.24) is 5.43 Å². The van der Waals surface area contributed by atoms with Gasteiger partial charge < -0.3 is 10.1 Å². The van der Waals surface area contributed by atoms with E-state index in [1.165, 1.54) is 41.0 Å². The Morgan fingerprint density at radius 2 is 1.58 bits per heavy atom. The lowest BCUT2D eigenvalue weighted by atomic mass is 10.1. The van der Waals surface area contributed by atoms with Gasteiger partial charge in [-0.15, -0.1) is 0 Å². The monoisotopic (exact) mass is 602 g/mol. The van der Waals surface area contributed by atoms with E-state index >= 15 is 0 Å². The molecule has 0 saturated carbocycles. The molecule has 0 aliphatic carbocycles. The summed E-state index contributed by atoms with van der Waals surface area (Å²) in [7, 11) is -3.53. The van der Waals surface area contributed by atoms with Gasteiger partial charge in [0.2, 0.25) is 10.0 Å². The number of hydrogen-bond donors (Lipinski definition) is 2. The van der Waals surface area contributed by atoms with E-state index in [9.17, 15) is 22.4 Å². The number of sulfonamides is 1. The molecule has 0 aromatic heterocycles.